The number of hydrogen-bond donors (Lipinski definition) is 1. The fraction of sp³-hybridized carbons (Fsp3) is 0.500. The smallest absolute Gasteiger partial charge is 0.338 e. The summed E-state index contributed by atoms with van der Waals surface area (Å²) >= 11 is 0. The molecule has 2 rings (SSSR count). The van der Waals surface area contributed by atoms with Crippen LogP contribution < -0.4 is 0 Å². The minimum absolute atomic E-state index is 0.0570. The number of rotatable bonds is 5. The number of ether oxygens (including phenoxy) is 1. The molecule has 1 fully saturated rings. The Balaban J connectivity index is 1.96. The summed E-state index contributed by atoms with van der Waals surface area (Å²) in [4.78, 5) is 25.7. The molecule has 0 aliphatic carbocycles. The van der Waals surface area contributed by atoms with Crippen molar-refractivity contribution in [2.45, 2.75) is 32.1 Å². The predicted octanol–water partition coefficient (Wildman–Crippen LogP) is 0.370. The predicted molar refractivity (Wildman–Crippen MR) is 87.1 cm³/mol. The van der Waals surface area contributed by atoms with Crippen LogP contribution >= 0.6 is 0 Å². The van der Waals surface area contributed by atoms with E-state index >= 15 is 0 Å². The molecule has 0 radical (unpaired) electrons. The maximum atomic E-state index is 12.3. The van der Waals surface area contributed by atoms with Gasteiger partial charge in [-0.2, -0.15) is 0 Å². The van der Waals surface area contributed by atoms with E-state index in [2.05, 4.69) is 0 Å². The van der Waals surface area contributed by atoms with Crippen molar-refractivity contribution < 1.29 is 27.9 Å². The minimum Gasteiger partial charge on any atom is -0.449 e. The zero-order valence-corrected chi connectivity index (χ0v) is 14.5. The first-order valence-electron chi connectivity index (χ1n) is 7.61. The molecule has 1 heterocycles. The Morgan fingerprint density at radius 2 is 1.96 bits per heavy atom. The standard InChI is InChI=1S/C16H21NO6S/c1-11(15(19)17(2)14-7-8-24(21,22)10-14)23-16(20)13-5-3-12(9-18)4-6-13/h3-6,11,14,18H,7-10H2,1-2H3/t11-,14+/m0/s1. The summed E-state index contributed by atoms with van der Waals surface area (Å²) in [6.07, 6.45) is -0.614. The van der Waals surface area contributed by atoms with Gasteiger partial charge in [0, 0.05) is 13.1 Å². The van der Waals surface area contributed by atoms with Gasteiger partial charge >= 0.3 is 5.97 Å². The number of benzene rings is 1. The van der Waals surface area contributed by atoms with Crippen LogP contribution in [0.1, 0.15) is 29.3 Å². The van der Waals surface area contributed by atoms with Gasteiger partial charge in [-0.15, -0.1) is 0 Å². The Bertz CT molecular complexity index is 713. The molecule has 8 heteroatoms. The SMILES string of the molecule is C[C@H](OC(=O)c1ccc(CO)cc1)C(=O)N(C)[C@@H]1CCS(=O)(=O)C1. The normalized spacial score (nSPS) is 20.4. The summed E-state index contributed by atoms with van der Waals surface area (Å²) in [7, 11) is -1.57. The van der Waals surface area contributed by atoms with Crippen LogP contribution in [-0.4, -0.2) is 61.0 Å². The van der Waals surface area contributed by atoms with Gasteiger partial charge < -0.3 is 14.7 Å². The van der Waals surface area contributed by atoms with Crippen molar-refractivity contribution in [2.75, 3.05) is 18.6 Å². The van der Waals surface area contributed by atoms with E-state index in [1.54, 1.807) is 12.1 Å². The van der Waals surface area contributed by atoms with Crippen molar-refractivity contribution in [3.63, 3.8) is 0 Å². The molecule has 0 bridgehead atoms. The summed E-state index contributed by atoms with van der Waals surface area (Å²) in [6.45, 7) is 1.33. The van der Waals surface area contributed by atoms with Crippen molar-refractivity contribution in [2.24, 2.45) is 0 Å². The third-order valence-electron chi connectivity index (χ3n) is 4.11. The molecular formula is C16H21NO6S. The van der Waals surface area contributed by atoms with Gasteiger partial charge in [-0.25, -0.2) is 13.2 Å². The molecule has 1 aliphatic rings. The molecule has 7 nitrogen and oxygen atoms in total. The lowest BCUT2D eigenvalue weighted by Gasteiger charge is -2.26. The number of carbonyl (C=O) groups is 2. The van der Waals surface area contributed by atoms with Gasteiger partial charge in [0.25, 0.3) is 5.91 Å². The molecule has 0 aromatic heterocycles. The number of nitrogens with zero attached hydrogens (tertiary/aromatic N) is 1. The molecule has 0 unspecified atom stereocenters. The molecular weight excluding hydrogens is 334 g/mol. The molecule has 1 aromatic rings. The molecule has 1 amide bonds. The van der Waals surface area contributed by atoms with Crippen molar-refractivity contribution in [1.29, 1.82) is 0 Å². The number of hydrogen-bond acceptors (Lipinski definition) is 6. The lowest BCUT2D eigenvalue weighted by Crippen LogP contribution is -2.44. The van der Waals surface area contributed by atoms with E-state index in [4.69, 9.17) is 9.84 Å². The first-order valence-corrected chi connectivity index (χ1v) is 9.43. The second-order valence-corrected chi connectivity index (χ2v) is 8.14. The van der Waals surface area contributed by atoms with Gasteiger partial charge in [0.05, 0.1) is 23.7 Å². The quantitative estimate of drug-likeness (QED) is 0.766. The number of amides is 1. The Hall–Kier alpha value is -1.93. The molecule has 1 saturated heterocycles. The van der Waals surface area contributed by atoms with Crippen molar-refractivity contribution in [1.82, 2.24) is 4.90 Å². The molecule has 2 atom stereocenters. The average Bonchev–Trinajstić information content (AvgIpc) is 2.93. The second kappa shape index (κ2) is 7.31. The zero-order valence-electron chi connectivity index (χ0n) is 13.6. The highest BCUT2D eigenvalue weighted by Crippen LogP contribution is 2.18. The highest BCUT2D eigenvalue weighted by molar-refractivity contribution is 7.91. The van der Waals surface area contributed by atoms with Crippen LogP contribution in [-0.2, 0) is 26.0 Å². The molecule has 0 spiro atoms. The Labute approximate surface area is 141 Å². The number of aliphatic hydroxyl groups is 1. The Morgan fingerprint density at radius 3 is 2.46 bits per heavy atom. The topological polar surface area (TPSA) is 101 Å². The Morgan fingerprint density at radius 1 is 1.33 bits per heavy atom. The molecule has 0 saturated carbocycles. The number of sulfone groups is 1. The highest BCUT2D eigenvalue weighted by atomic mass is 32.2. The van der Waals surface area contributed by atoms with Crippen LogP contribution in [0.5, 0.6) is 0 Å². The molecule has 24 heavy (non-hydrogen) atoms. The second-order valence-electron chi connectivity index (χ2n) is 5.91. The van der Waals surface area contributed by atoms with E-state index in [-0.39, 0.29) is 29.7 Å². The number of esters is 1. The third-order valence-corrected chi connectivity index (χ3v) is 5.86. The Kier molecular flexibility index (Phi) is 5.61. The van der Waals surface area contributed by atoms with Gasteiger partial charge in [0.1, 0.15) is 0 Å². The van der Waals surface area contributed by atoms with Crippen LogP contribution in [0.15, 0.2) is 24.3 Å². The largest absolute Gasteiger partial charge is 0.449 e. The summed E-state index contributed by atoms with van der Waals surface area (Å²) < 4.78 is 28.2. The lowest BCUT2D eigenvalue weighted by molar-refractivity contribution is -0.140. The number of aliphatic hydroxyl groups excluding tert-OH is 1. The first kappa shape index (κ1) is 18.4. The van der Waals surface area contributed by atoms with E-state index in [0.717, 1.165) is 0 Å². The van der Waals surface area contributed by atoms with E-state index in [0.29, 0.717) is 12.0 Å². The minimum atomic E-state index is -3.09. The highest BCUT2D eigenvalue weighted by Gasteiger charge is 2.35. The van der Waals surface area contributed by atoms with Crippen LogP contribution in [0.25, 0.3) is 0 Å². The van der Waals surface area contributed by atoms with Crippen LogP contribution in [0, 0.1) is 0 Å². The maximum Gasteiger partial charge on any atom is 0.338 e. The first-order chi connectivity index (χ1) is 11.2. The van der Waals surface area contributed by atoms with Crippen molar-refractivity contribution >= 4 is 21.7 Å². The van der Waals surface area contributed by atoms with Gasteiger partial charge in [-0.3, -0.25) is 4.79 Å². The van der Waals surface area contributed by atoms with Gasteiger partial charge in [-0.05, 0) is 31.0 Å². The fourth-order valence-corrected chi connectivity index (χ4v) is 4.35. The summed E-state index contributed by atoms with van der Waals surface area (Å²) in [5.74, 6) is -1.07. The maximum absolute atomic E-state index is 12.3. The lowest BCUT2D eigenvalue weighted by atomic mass is 10.1. The fourth-order valence-electron chi connectivity index (χ4n) is 2.57. The average molecular weight is 355 g/mol. The van der Waals surface area contributed by atoms with Crippen molar-refractivity contribution in [3.05, 3.63) is 35.4 Å². The third kappa shape index (κ3) is 4.33. The summed E-state index contributed by atoms with van der Waals surface area (Å²) in [6, 6.07) is 5.83. The monoisotopic (exact) mass is 355 g/mol. The molecule has 1 aromatic carbocycles. The van der Waals surface area contributed by atoms with E-state index in [1.165, 1.54) is 31.0 Å². The van der Waals surface area contributed by atoms with Gasteiger partial charge in [0.15, 0.2) is 15.9 Å². The molecule has 1 aliphatic heterocycles. The number of carbonyl (C=O) groups excluding carboxylic acids is 2. The van der Waals surface area contributed by atoms with Crippen LogP contribution in [0.3, 0.4) is 0 Å². The van der Waals surface area contributed by atoms with Gasteiger partial charge in [-0.1, -0.05) is 12.1 Å². The van der Waals surface area contributed by atoms with E-state index in [1.807, 2.05) is 0 Å². The van der Waals surface area contributed by atoms with E-state index in [9.17, 15) is 18.0 Å². The van der Waals surface area contributed by atoms with Crippen LogP contribution in [0.4, 0.5) is 0 Å². The zero-order chi connectivity index (χ0) is 17.9. The molecule has 1 N–H and O–H groups in total. The molecule has 132 valence electrons. The summed E-state index contributed by atoms with van der Waals surface area (Å²) in [5.41, 5.74) is 0.941. The summed E-state index contributed by atoms with van der Waals surface area (Å²) in [5, 5.41) is 8.98. The number of likely N-dealkylation sites (N-methyl/N-ethyl adjacent to an activating group) is 1. The van der Waals surface area contributed by atoms with E-state index < -0.39 is 27.8 Å². The van der Waals surface area contributed by atoms with Crippen molar-refractivity contribution in [3.8, 4) is 0 Å². The van der Waals surface area contributed by atoms with Gasteiger partial charge in [0.2, 0.25) is 0 Å². The van der Waals surface area contributed by atoms with Crippen LogP contribution in [0.2, 0.25) is 0 Å².